The Morgan fingerprint density at radius 2 is 1.95 bits per heavy atom. The lowest BCUT2D eigenvalue weighted by Gasteiger charge is -2.16. The summed E-state index contributed by atoms with van der Waals surface area (Å²) in [6.45, 7) is 6.04. The fourth-order valence-electron chi connectivity index (χ4n) is 2.41. The Balaban J connectivity index is 1.92. The van der Waals surface area contributed by atoms with Crippen molar-refractivity contribution >= 4 is 11.7 Å². The van der Waals surface area contributed by atoms with Crippen LogP contribution in [0.4, 0.5) is 5.95 Å². The molecule has 0 spiro atoms. The molecule has 1 aromatic rings. The van der Waals surface area contributed by atoms with Crippen molar-refractivity contribution < 1.29 is 9.32 Å². The normalized spacial score (nSPS) is 16.7. The molecule has 0 saturated carbocycles. The van der Waals surface area contributed by atoms with Gasteiger partial charge in [-0.2, -0.15) is 4.98 Å². The molecule has 0 N–H and O–H groups in total. The van der Waals surface area contributed by atoms with Gasteiger partial charge in [0.25, 0.3) is 5.95 Å². The minimum Gasteiger partial charge on any atom is -0.338 e. The summed E-state index contributed by atoms with van der Waals surface area (Å²) >= 11 is 0. The predicted octanol–water partition coefficient (Wildman–Crippen LogP) is 2.61. The van der Waals surface area contributed by atoms with Crippen LogP contribution in [0, 0.1) is 5.92 Å². The first-order valence-electron chi connectivity index (χ1n) is 7.24. The van der Waals surface area contributed by atoms with Crippen molar-refractivity contribution in [1.82, 2.24) is 10.1 Å². The van der Waals surface area contributed by atoms with Crippen LogP contribution in [0.15, 0.2) is 4.52 Å². The molecular formula is C14H23N3O2. The molecule has 2 rings (SSSR count). The van der Waals surface area contributed by atoms with Gasteiger partial charge in [0, 0.05) is 19.5 Å². The van der Waals surface area contributed by atoms with Gasteiger partial charge in [0.1, 0.15) is 5.78 Å². The smallest absolute Gasteiger partial charge is 0.266 e. The van der Waals surface area contributed by atoms with Crippen molar-refractivity contribution in [3.8, 4) is 0 Å². The van der Waals surface area contributed by atoms with E-state index in [9.17, 15) is 4.79 Å². The zero-order chi connectivity index (χ0) is 13.7. The van der Waals surface area contributed by atoms with Gasteiger partial charge in [-0.15, -0.1) is 0 Å². The van der Waals surface area contributed by atoms with E-state index in [1.807, 2.05) is 13.8 Å². The maximum Gasteiger partial charge on any atom is 0.266 e. The topological polar surface area (TPSA) is 59.2 Å². The highest BCUT2D eigenvalue weighted by Crippen LogP contribution is 2.16. The molecule has 1 fully saturated rings. The lowest BCUT2D eigenvalue weighted by atomic mass is 10.1. The van der Waals surface area contributed by atoms with E-state index >= 15 is 0 Å². The number of nitrogens with zero attached hydrogens (tertiary/aromatic N) is 3. The summed E-state index contributed by atoms with van der Waals surface area (Å²) in [7, 11) is 0. The van der Waals surface area contributed by atoms with Crippen LogP contribution in [0.2, 0.25) is 0 Å². The first-order chi connectivity index (χ1) is 9.15. The third-order valence-corrected chi connectivity index (χ3v) is 3.33. The average molecular weight is 265 g/mol. The van der Waals surface area contributed by atoms with Crippen molar-refractivity contribution in [2.45, 2.75) is 52.4 Å². The zero-order valence-corrected chi connectivity index (χ0v) is 11.9. The number of hydrogen-bond acceptors (Lipinski definition) is 5. The van der Waals surface area contributed by atoms with Crippen molar-refractivity contribution in [3.05, 3.63) is 5.89 Å². The van der Waals surface area contributed by atoms with E-state index in [1.54, 1.807) is 0 Å². The van der Waals surface area contributed by atoms with Crippen molar-refractivity contribution in [2.75, 3.05) is 18.0 Å². The first kappa shape index (κ1) is 14.0. The van der Waals surface area contributed by atoms with Gasteiger partial charge >= 0.3 is 0 Å². The Labute approximate surface area is 114 Å². The Hall–Kier alpha value is -1.39. The molecule has 0 bridgehead atoms. The number of hydrogen-bond donors (Lipinski definition) is 0. The van der Waals surface area contributed by atoms with E-state index in [0.717, 1.165) is 13.1 Å². The summed E-state index contributed by atoms with van der Waals surface area (Å²) in [5.74, 6) is 1.64. The zero-order valence-electron chi connectivity index (χ0n) is 11.9. The SMILES string of the molecule is CC(C)CC(=O)Cc1nc(N2CCCCCC2)no1. The molecule has 19 heavy (non-hydrogen) atoms. The molecule has 0 aliphatic carbocycles. The van der Waals surface area contributed by atoms with E-state index in [2.05, 4.69) is 15.0 Å². The Kier molecular flexibility index (Phi) is 4.93. The molecule has 2 heterocycles. The largest absolute Gasteiger partial charge is 0.338 e. The fourth-order valence-corrected chi connectivity index (χ4v) is 2.41. The fraction of sp³-hybridized carbons (Fsp3) is 0.786. The molecule has 1 aromatic heterocycles. The van der Waals surface area contributed by atoms with Crippen molar-refractivity contribution in [3.63, 3.8) is 0 Å². The molecule has 106 valence electrons. The third kappa shape index (κ3) is 4.33. The molecule has 5 nitrogen and oxygen atoms in total. The molecule has 1 aliphatic heterocycles. The molecule has 1 aliphatic rings. The van der Waals surface area contributed by atoms with Crippen molar-refractivity contribution in [1.29, 1.82) is 0 Å². The summed E-state index contributed by atoms with van der Waals surface area (Å²) in [4.78, 5) is 18.2. The summed E-state index contributed by atoms with van der Waals surface area (Å²) in [6.07, 6.45) is 5.73. The van der Waals surface area contributed by atoms with Gasteiger partial charge < -0.3 is 9.42 Å². The minimum atomic E-state index is 0.168. The van der Waals surface area contributed by atoms with Gasteiger partial charge in [0.15, 0.2) is 0 Å². The molecular weight excluding hydrogens is 242 g/mol. The van der Waals surface area contributed by atoms with Crippen molar-refractivity contribution in [2.24, 2.45) is 5.92 Å². The molecule has 0 amide bonds. The van der Waals surface area contributed by atoms with Gasteiger partial charge in [0.05, 0.1) is 6.42 Å². The number of carbonyl (C=O) groups excluding carboxylic acids is 1. The lowest BCUT2D eigenvalue weighted by molar-refractivity contribution is -0.119. The second-order valence-electron chi connectivity index (χ2n) is 5.70. The average Bonchev–Trinajstić information content (AvgIpc) is 2.63. The molecule has 1 saturated heterocycles. The highest BCUT2D eigenvalue weighted by Gasteiger charge is 2.17. The van der Waals surface area contributed by atoms with Crippen LogP contribution in [0.3, 0.4) is 0 Å². The maximum absolute atomic E-state index is 11.7. The highest BCUT2D eigenvalue weighted by atomic mass is 16.5. The summed E-state index contributed by atoms with van der Waals surface area (Å²) < 4.78 is 5.19. The number of aromatic nitrogens is 2. The van der Waals surface area contributed by atoms with E-state index < -0.39 is 0 Å². The van der Waals surface area contributed by atoms with Crippen LogP contribution >= 0.6 is 0 Å². The molecule has 0 atom stereocenters. The van der Waals surface area contributed by atoms with Gasteiger partial charge in [-0.05, 0) is 23.9 Å². The number of anilines is 1. The second kappa shape index (κ2) is 6.68. The maximum atomic E-state index is 11.7. The van der Waals surface area contributed by atoms with Crippen LogP contribution < -0.4 is 4.90 Å². The monoisotopic (exact) mass is 265 g/mol. The van der Waals surface area contributed by atoms with Crippen LogP contribution in [0.25, 0.3) is 0 Å². The van der Waals surface area contributed by atoms with E-state index in [0.29, 0.717) is 24.2 Å². The van der Waals surface area contributed by atoms with E-state index in [-0.39, 0.29) is 12.2 Å². The number of ketones is 1. The summed E-state index contributed by atoms with van der Waals surface area (Å²) in [5.41, 5.74) is 0. The number of rotatable bonds is 5. The van der Waals surface area contributed by atoms with Gasteiger partial charge in [-0.3, -0.25) is 4.79 Å². The standard InChI is InChI=1S/C14H23N3O2/c1-11(2)9-12(18)10-13-15-14(16-19-13)17-7-5-3-4-6-8-17/h11H,3-10H2,1-2H3. The van der Waals surface area contributed by atoms with Gasteiger partial charge in [-0.25, -0.2) is 0 Å². The van der Waals surface area contributed by atoms with E-state index in [4.69, 9.17) is 4.52 Å². The number of carbonyl (C=O) groups is 1. The lowest BCUT2D eigenvalue weighted by Crippen LogP contribution is -2.25. The van der Waals surface area contributed by atoms with E-state index in [1.165, 1.54) is 25.7 Å². The Morgan fingerprint density at radius 1 is 1.26 bits per heavy atom. The first-order valence-corrected chi connectivity index (χ1v) is 7.24. The van der Waals surface area contributed by atoms with Crippen LogP contribution in [-0.2, 0) is 11.2 Å². The molecule has 0 aromatic carbocycles. The quantitative estimate of drug-likeness (QED) is 0.819. The van der Waals surface area contributed by atoms with Crippen LogP contribution in [-0.4, -0.2) is 29.0 Å². The summed E-state index contributed by atoms with van der Waals surface area (Å²) in [5, 5.41) is 4.00. The van der Waals surface area contributed by atoms with Gasteiger partial charge in [0.2, 0.25) is 5.89 Å². The molecule has 0 radical (unpaired) electrons. The van der Waals surface area contributed by atoms with Crippen LogP contribution in [0.1, 0.15) is 51.8 Å². The second-order valence-corrected chi connectivity index (χ2v) is 5.70. The minimum absolute atomic E-state index is 0.168. The highest BCUT2D eigenvalue weighted by molar-refractivity contribution is 5.80. The Bertz CT molecular complexity index is 407. The van der Waals surface area contributed by atoms with Crippen LogP contribution in [0.5, 0.6) is 0 Å². The van der Waals surface area contributed by atoms with Gasteiger partial charge in [-0.1, -0.05) is 26.7 Å². The summed E-state index contributed by atoms with van der Waals surface area (Å²) in [6, 6.07) is 0. The molecule has 0 unspecified atom stereocenters. The molecule has 5 heteroatoms. The Morgan fingerprint density at radius 3 is 2.58 bits per heavy atom. The number of Topliss-reactive ketones (excluding diaryl/α,β-unsaturated/α-hetero) is 1. The predicted molar refractivity (Wildman–Crippen MR) is 73.1 cm³/mol. The third-order valence-electron chi connectivity index (χ3n) is 3.33.